The van der Waals surface area contributed by atoms with Crippen LogP contribution >= 0.6 is 18.0 Å². The van der Waals surface area contributed by atoms with E-state index in [0.717, 1.165) is 12.2 Å². The highest BCUT2D eigenvalue weighted by molar-refractivity contribution is 8.56. The van der Waals surface area contributed by atoms with E-state index in [1.165, 1.54) is 23.1 Å². The van der Waals surface area contributed by atoms with Crippen LogP contribution in [0.15, 0.2) is 0 Å². The SMILES string of the molecule is CCCSP(=O)(NC)N(C)C=O. The number of amides is 1. The summed E-state index contributed by atoms with van der Waals surface area (Å²) in [6.45, 7) is -0.668. The molecule has 0 spiro atoms. The molecule has 0 aliphatic rings. The van der Waals surface area contributed by atoms with Crippen molar-refractivity contribution in [2.24, 2.45) is 0 Å². The monoisotopic (exact) mass is 210 g/mol. The molecular formula is C6H15N2O2PS. The van der Waals surface area contributed by atoms with Crippen molar-refractivity contribution in [2.75, 3.05) is 19.8 Å². The number of nitrogens with zero attached hydrogens (tertiary/aromatic N) is 1. The molecule has 0 heterocycles. The van der Waals surface area contributed by atoms with Crippen molar-refractivity contribution in [1.82, 2.24) is 9.76 Å². The van der Waals surface area contributed by atoms with E-state index in [0.29, 0.717) is 6.41 Å². The van der Waals surface area contributed by atoms with E-state index in [-0.39, 0.29) is 0 Å². The molecule has 0 saturated heterocycles. The fourth-order valence-electron chi connectivity index (χ4n) is 0.590. The summed E-state index contributed by atoms with van der Waals surface area (Å²) in [5, 5.41) is 2.68. The molecule has 1 N–H and O–H groups in total. The van der Waals surface area contributed by atoms with Gasteiger partial charge in [-0.1, -0.05) is 18.3 Å². The van der Waals surface area contributed by atoms with Crippen molar-refractivity contribution in [3.8, 4) is 0 Å². The number of nitrogens with one attached hydrogen (secondary N) is 1. The Hall–Kier alpha value is 0.0100. The Morgan fingerprint density at radius 1 is 1.67 bits per heavy atom. The third-order valence-corrected chi connectivity index (χ3v) is 6.67. The van der Waals surface area contributed by atoms with Crippen LogP contribution < -0.4 is 5.09 Å². The molecule has 0 aromatic carbocycles. The minimum absolute atomic E-state index is 0.583. The van der Waals surface area contributed by atoms with Gasteiger partial charge in [0, 0.05) is 12.8 Å². The van der Waals surface area contributed by atoms with E-state index >= 15 is 0 Å². The molecule has 0 fully saturated rings. The summed E-state index contributed by atoms with van der Waals surface area (Å²) in [6.07, 6.45) is 1.53. The van der Waals surface area contributed by atoms with Gasteiger partial charge in [0.15, 0.2) is 0 Å². The minimum Gasteiger partial charge on any atom is -0.279 e. The zero-order chi connectivity index (χ0) is 9.61. The maximum Gasteiger partial charge on any atom is 0.294 e. The van der Waals surface area contributed by atoms with Crippen LogP contribution in [0.5, 0.6) is 0 Å². The van der Waals surface area contributed by atoms with Crippen LogP contribution in [0.2, 0.25) is 0 Å². The van der Waals surface area contributed by atoms with E-state index in [2.05, 4.69) is 5.09 Å². The molecule has 0 aliphatic carbocycles. The van der Waals surface area contributed by atoms with Crippen molar-refractivity contribution in [3.63, 3.8) is 0 Å². The average molecular weight is 210 g/mol. The molecule has 72 valence electrons. The standard InChI is InChI=1S/C6H15N2O2PS/c1-4-5-12-11(10,7-2)8(3)6-9/h6H,4-5H2,1-3H3,(H,7,10). The summed E-state index contributed by atoms with van der Waals surface area (Å²) in [7, 11) is 3.12. The Balaban J connectivity index is 4.23. The molecule has 12 heavy (non-hydrogen) atoms. The fourth-order valence-corrected chi connectivity index (χ4v) is 4.11. The van der Waals surface area contributed by atoms with Gasteiger partial charge in [0.25, 0.3) is 6.65 Å². The number of carbonyl (C=O) groups is 1. The lowest BCUT2D eigenvalue weighted by molar-refractivity contribution is -0.113. The highest BCUT2D eigenvalue weighted by atomic mass is 32.7. The Morgan fingerprint density at radius 3 is 2.58 bits per heavy atom. The summed E-state index contributed by atoms with van der Waals surface area (Å²) in [6, 6.07) is 0. The van der Waals surface area contributed by atoms with Gasteiger partial charge in [0.05, 0.1) is 0 Å². The first-order valence-corrected chi connectivity index (χ1v) is 6.98. The van der Waals surface area contributed by atoms with Crippen LogP contribution in [0.3, 0.4) is 0 Å². The van der Waals surface area contributed by atoms with Crippen LogP contribution in [0.1, 0.15) is 13.3 Å². The number of carbonyl (C=O) groups excluding carboxylic acids is 1. The van der Waals surface area contributed by atoms with Gasteiger partial charge < -0.3 is 0 Å². The summed E-state index contributed by atoms with van der Waals surface area (Å²) in [4.78, 5) is 10.4. The van der Waals surface area contributed by atoms with Gasteiger partial charge in [-0.25, -0.2) is 5.09 Å². The Kier molecular flexibility index (Phi) is 5.63. The second-order valence-electron chi connectivity index (χ2n) is 2.26. The third kappa shape index (κ3) is 3.17. The van der Waals surface area contributed by atoms with Crippen LogP contribution in [-0.2, 0) is 9.36 Å². The molecule has 0 rings (SSSR count). The lowest BCUT2D eigenvalue weighted by Crippen LogP contribution is -2.19. The summed E-state index contributed by atoms with van der Waals surface area (Å²) in [5.41, 5.74) is 0. The molecule has 1 amide bonds. The molecule has 0 aromatic heterocycles. The summed E-state index contributed by atoms with van der Waals surface area (Å²) < 4.78 is 13.0. The first-order chi connectivity index (χ1) is 5.60. The van der Waals surface area contributed by atoms with Crippen LogP contribution in [0, 0.1) is 0 Å². The maximum absolute atomic E-state index is 11.8. The lowest BCUT2D eigenvalue weighted by Gasteiger charge is -2.22. The second kappa shape index (κ2) is 5.62. The minimum atomic E-state index is -2.68. The number of hydrogen-bond acceptors (Lipinski definition) is 3. The number of hydrogen-bond donors (Lipinski definition) is 1. The molecular weight excluding hydrogens is 195 g/mol. The molecule has 6 heteroatoms. The molecule has 0 aromatic rings. The summed E-state index contributed by atoms with van der Waals surface area (Å²) >= 11 is 1.30. The zero-order valence-corrected chi connectivity index (χ0v) is 9.32. The van der Waals surface area contributed by atoms with Gasteiger partial charge in [-0.15, -0.1) is 0 Å². The maximum atomic E-state index is 11.8. The van der Waals surface area contributed by atoms with E-state index in [1.54, 1.807) is 7.05 Å². The van der Waals surface area contributed by atoms with Gasteiger partial charge in [-0.05, 0) is 13.5 Å². The quantitative estimate of drug-likeness (QED) is 0.533. The van der Waals surface area contributed by atoms with E-state index in [1.807, 2.05) is 6.92 Å². The molecule has 0 radical (unpaired) electrons. The predicted octanol–water partition coefficient (Wildman–Crippen LogP) is 1.55. The van der Waals surface area contributed by atoms with Gasteiger partial charge in [0.2, 0.25) is 6.41 Å². The normalized spacial score (nSPS) is 15.2. The lowest BCUT2D eigenvalue weighted by atomic mass is 10.6. The Bertz CT molecular complexity index is 188. The molecule has 0 aliphatic heterocycles. The largest absolute Gasteiger partial charge is 0.294 e. The average Bonchev–Trinajstić information content (AvgIpc) is 2.12. The molecule has 4 nitrogen and oxygen atoms in total. The van der Waals surface area contributed by atoms with E-state index in [9.17, 15) is 9.36 Å². The Morgan fingerprint density at radius 2 is 2.25 bits per heavy atom. The van der Waals surface area contributed by atoms with Crippen molar-refractivity contribution in [3.05, 3.63) is 0 Å². The predicted molar refractivity (Wildman–Crippen MR) is 53.2 cm³/mol. The number of rotatable bonds is 6. The van der Waals surface area contributed by atoms with E-state index < -0.39 is 6.65 Å². The topological polar surface area (TPSA) is 49.4 Å². The molecule has 0 bridgehead atoms. The summed E-state index contributed by atoms with van der Waals surface area (Å²) in [5.74, 6) is 0.788. The first kappa shape index (κ1) is 12.0. The Labute approximate surface area is 77.3 Å². The molecule has 0 saturated carbocycles. The van der Waals surface area contributed by atoms with Crippen LogP contribution in [-0.4, -0.2) is 30.9 Å². The van der Waals surface area contributed by atoms with Crippen molar-refractivity contribution in [1.29, 1.82) is 0 Å². The second-order valence-corrected chi connectivity index (χ2v) is 7.30. The van der Waals surface area contributed by atoms with Gasteiger partial charge >= 0.3 is 0 Å². The van der Waals surface area contributed by atoms with Crippen molar-refractivity contribution >= 4 is 24.4 Å². The molecule has 1 atom stereocenters. The third-order valence-electron chi connectivity index (χ3n) is 1.32. The highest BCUT2D eigenvalue weighted by Gasteiger charge is 2.24. The molecule has 1 unspecified atom stereocenters. The van der Waals surface area contributed by atoms with E-state index in [4.69, 9.17) is 0 Å². The van der Waals surface area contributed by atoms with Gasteiger partial charge in [-0.3, -0.25) is 14.0 Å². The zero-order valence-electron chi connectivity index (χ0n) is 7.61. The van der Waals surface area contributed by atoms with Crippen molar-refractivity contribution < 1.29 is 9.36 Å². The van der Waals surface area contributed by atoms with Gasteiger partial charge in [0.1, 0.15) is 0 Å². The van der Waals surface area contributed by atoms with Crippen LogP contribution in [0.25, 0.3) is 0 Å². The van der Waals surface area contributed by atoms with Crippen molar-refractivity contribution in [2.45, 2.75) is 13.3 Å². The first-order valence-electron chi connectivity index (χ1n) is 3.73. The highest BCUT2D eigenvalue weighted by Crippen LogP contribution is 2.55. The van der Waals surface area contributed by atoms with Gasteiger partial charge in [-0.2, -0.15) is 0 Å². The fraction of sp³-hybridized carbons (Fsp3) is 0.833. The smallest absolute Gasteiger partial charge is 0.279 e. The van der Waals surface area contributed by atoms with Crippen LogP contribution in [0.4, 0.5) is 0 Å².